The third kappa shape index (κ3) is 1.38. The molecule has 0 bridgehead atoms. The highest BCUT2D eigenvalue weighted by Crippen LogP contribution is 2.19. The number of hydrogen-bond donors (Lipinski definition) is 0. The summed E-state index contributed by atoms with van der Waals surface area (Å²) in [4.78, 5) is 1.78. The van der Waals surface area contributed by atoms with Gasteiger partial charge in [-0.05, 0) is 12.5 Å². The predicted octanol–water partition coefficient (Wildman–Crippen LogP) is 1.89. The van der Waals surface area contributed by atoms with Gasteiger partial charge in [-0.2, -0.15) is 0 Å². The van der Waals surface area contributed by atoms with E-state index in [2.05, 4.69) is 0 Å². The van der Waals surface area contributed by atoms with Crippen LogP contribution in [0.3, 0.4) is 0 Å². The summed E-state index contributed by atoms with van der Waals surface area (Å²) in [5.41, 5.74) is 0.683. The van der Waals surface area contributed by atoms with Crippen LogP contribution in [-0.4, -0.2) is 19.0 Å². The minimum atomic E-state index is -0.142. The van der Waals surface area contributed by atoms with Crippen molar-refractivity contribution in [1.82, 2.24) is 4.90 Å². The average molecular weight is 140 g/mol. The molecule has 1 aliphatic carbocycles. The van der Waals surface area contributed by atoms with Crippen LogP contribution in [0.5, 0.6) is 0 Å². The van der Waals surface area contributed by atoms with Crippen molar-refractivity contribution in [3.05, 3.63) is 30.1 Å². The number of allylic oxidation sites excluding steroid dienone is 4. The molecule has 0 saturated carbocycles. The average Bonchev–Trinajstić information content (AvgIpc) is 1.88. The molecule has 0 N–H and O–H groups in total. The molecule has 0 unspecified atom stereocenters. The van der Waals surface area contributed by atoms with Gasteiger partial charge in [0, 0.05) is 20.5 Å². The van der Waals surface area contributed by atoms with Crippen molar-refractivity contribution in [3.63, 3.8) is 0 Å². The molecule has 1 aliphatic rings. The van der Waals surface area contributed by atoms with Crippen LogP contribution in [-0.2, 0) is 0 Å². The Kier molecular flexibility index (Phi) is 2.10. The largest absolute Gasteiger partial charge is 0.378 e. The van der Waals surface area contributed by atoms with Crippen LogP contribution in [0.2, 0.25) is 0 Å². The van der Waals surface area contributed by atoms with Gasteiger partial charge in [0.1, 0.15) is 5.83 Å². The summed E-state index contributed by atoms with van der Waals surface area (Å²) in [6.07, 6.45) is 6.02. The van der Waals surface area contributed by atoms with Gasteiger partial charge in [-0.25, -0.2) is 4.39 Å². The first-order valence-corrected chi connectivity index (χ1v) is 3.28. The molecule has 0 aromatic heterocycles. The lowest BCUT2D eigenvalue weighted by Crippen LogP contribution is -2.13. The van der Waals surface area contributed by atoms with Gasteiger partial charge < -0.3 is 4.90 Å². The smallest absolute Gasteiger partial charge is 0.142 e. The molecule has 0 aromatic rings. The van der Waals surface area contributed by atoms with Crippen LogP contribution in [0, 0.1) is 6.42 Å². The van der Waals surface area contributed by atoms with E-state index in [1.165, 1.54) is 6.08 Å². The molecule has 1 radical (unpaired) electrons. The second-order valence-electron chi connectivity index (χ2n) is 2.47. The molecule has 0 aliphatic heterocycles. The second-order valence-corrected chi connectivity index (χ2v) is 2.47. The fourth-order valence-electron chi connectivity index (χ4n) is 0.930. The normalized spacial score (nSPS) is 17.9. The van der Waals surface area contributed by atoms with E-state index in [1.807, 2.05) is 26.6 Å². The Morgan fingerprint density at radius 1 is 1.50 bits per heavy atom. The van der Waals surface area contributed by atoms with E-state index >= 15 is 0 Å². The van der Waals surface area contributed by atoms with Crippen LogP contribution < -0.4 is 0 Å². The SMILES string of the molecule is CN(C)C1=C(F)C=CC[CH]1. The van der Waals surface area contributed by atoms with Crippen LogP contribution in [0.15, 0.2) is 23.7 Å². The minimum Gasteiger partial charge on any atom is -0.378 e. The van der Waals surface area contributed by atoms with Crippen molar-refractivity contribution in [2.24, 2.45) is 0 Å². The quantitative estimate of drug-likeness (QED) is 0.537. The molecule has 0 amide bonds. The number of rotatable bonds is 1. The summed E-state index contributed by atoms with van der Waals surface area (Å²) in [6, 6.07) is 0. The van der Waals surface area contributed by atoms with Crippen molar-refractivity contribution >= 4 is 0 Å². The monoisotopic (exact) mass is 140 g/mol. The van der Waals surface area contributed by atoms with E-state index in [4.69, 9.17) is 0 Å². The van der Waals surface area contributed by atoms with Gasteiger partial charge in [-0.1, -0.05) is 6.08 Å². The Balaban J connectivity index is 2.79. The predicted molar refractivity (Wildman–Crippen MR) is 39.9 cm³/mol. The lowest BCUT2D eigenvalue weighted by molar-refractivity contribution is 0.480. The van der Waals surface area contributed by atoms with E-state index in [0.29, 0.717) is 5.70 Å². The van der Waals surface area contributed by atoms with Gasteiger partial charge in [0.2, 0.25) is 0 Å². The molecule has 0 spiro atoms. The Morgan fingerprint density at radius 2 is 2.20 bits per heavy atom. The van der Waals surface area contributed by atoms with E-state index < -0.39 is 0 Å². The third-order valence-corrected chi connectivity index (χ3v) is 1.44. The zero-order valence-corrected chi connectivity index (χ0v) is 6.26. The maximum atomic E-state index is 12.8. The van der Waals surface area contributed by atoms with Crippen LogP contribution in [0.25, 0.3) is 0 Å². The van der Waals surface area contributed by atoms with E-state index in [9.17, 15) is 4.39 Å². The zero-order chi connectivity index (χ0) is 7.56. The molecule has 2 heteroatoms. The summed E-state index contributed by atoms with van der Waals surface area (Å²) in [5, 5.41) is 0. The molecule has 0 heterocycles. The third-order valence-electron chi connectivity index (χ3n) is 1.44. The Morgan fingerprint density at radius 3 is 2.60 bits per heavy atom. The Hall–Kier alpha value is -0.790. The number of halogens is 1. The first-order chi connectivity index (χ1) is 4.72. The number of hydrogen-bond acceptors (Lipinski definition) is 1. The first-order valence-electron chi connectivity index (χ1n) is 3.28. The van der Waals surface area contributed by atoms with Crippen molar-refractivity contribution in [2.75, 3.05) is 14.1 Å². The fraction of sp³-hybridized carbons (Fsp3) is 0.375. The lowest BCUT2D eigenvalue weighted by atomic mass is 10.1. The standard InChI is InChI=1S/C8H11FN/c1-10(2)8-6-4-3-5-7(8)9/h3,5-6H,4H2,1-2H3. The molecule has 0 fully saturated rings. The Bertz CT molecular complexity index is 180. The van der Waals surface area contributed by atoms with Crippen molar-refractivity contribution < 1.29 is 4.39 Å². The highest BCUT2D eigenvalue weighted by Gasteiger charge is 2.08. The van der Waals surface area contributed by atoms with Gasteiger partial charge in [-0.3, -0.25) is 0 Å². The summed E-state index contributed by atoms with van der Waals surface area (Å²) in [5.74, 6) is -0.142. The van der Waals surface area contributed by atoms with E-state index in [0.717, 1.165) is 6.42 Å². The Labute approximate surface area is 60.8 Å². The zero-order valence-electron chi connectivity index (χ0n) is 6.26. The molecule has 55 valence electrons. The van der Waals surface area contributed by atoms with Crippen LogP contribution >= 0.6 is 0 Å². The summed E-state index contributed by atoms with van der Waals surface area (Å²) < 4.78 is 12.8. The number of nitrogens with zero attached hydrogens (tertiary/aromatic N) is 1. The second kappa shape index (κ2) is 2.86. The first kappa shape index (κ1) is 7.32. The van der Waals surface area contributed by atoms with Crippen LogP contribution in [0.4, 0.5) is 4.39 Å². The summed E-state index contributed by atoms with van der Waals surface area (Å²) in [7, 11) is 3.68. The highest BCUT2D eigenvalue weighted by atomic mass is 19.1. The molecule has 0 aromatic carbocycles. The van der Waals surface area contributed by atoms with Gasteiger partial charge in [0.05, 0.1) is 5.70 Å². The van der Waals surface area contributed by atoms with E-state index in [-0.39, 0.29) is 5.83 Å². The van der Waals surface area contributed by atoms with Crippen molar-refractivity contribution in [2.45, 2.75) is 6.42 Å². The molecule has 10 heavy (non-hydrogen) atoms. The molecular formula is C8H11FN. The van der Waals surface area contributed by atoms with Crippen LogP contribution in [0.1, 0.15) is 6.42 Å². The van der Waals surface area contributed by atoms with Gasteiger partial charge in [0.15, 0.2) is 0 Å². The van der Waals surface area contributed by atoms with Gasteiger partial charge in [-0.15, -0.1) is 0 Å². The molecule has 1 nitrogen and oxygen atoms in total. The van der Waals surface area contributed by atoms with Gasteiger partial charge >= 0.3 is 0 Å². The van der Waals surface area contributed by atoms with Crippen molar-refractivity contribution in [3.8, 4) is 0 Å². The van der Waals surface area contributed by atoms with Gasteiger partial charge in [0.25, 0.3) is 0 Å². The molecular weight excluding hydrogens is 129 g/mol. The molecule has 0 saturated heterocycles. The highest BCUT2D eigenvalue weighted by molar-refractivity contribution is 5.29. The molecule has 0 atom stereocenters. The fourth-order valence-corrected chi connectivity index (χ4v) is 0.930. The topological polar surface area (TPSA) is 3.24 Å². The van der Waals surface area contributed by atoms with E-state index in [1.54, 1.807) is 4.90 Å². The molecule has 1 rings (SSSR count). The summed E-state index contributed by atoms with van der Waals surface area (Å²) in [6.45, 7) is 0. The van der Waals surface area contributed by atoms with Crippen molar-refractivity contribution in [1.29, 1.82) is 0 Å². The minimum absolute atomic E-state index is 0.142. The maximum Gasteiger partial charge on any atom is 0.142 e. The summed E-state index contributed by atoms with van der Waals surface area (Å²) >= 11 is 0. The maximum absolute atomic E-state index is 12.8. The lowest BCUT2D eigenvalue weighted by Gasteiger charge is -2.18.